The molecule has 1 aromatic rings. The summed E-state index contributed by atoms with van der Waals surface area (Å²) >= 11 is 0. The highest BCUT2D eigenvalue weighted by Crippen LogP contribution is 2.21. The molecule has 0 saturated carbocycles. The number of carbonyl (C=O) groups excluding carboxylic acids is 1. The lowest BCUT2D eigenvalue weighted by atomic mass is 10.1. The van der Waals surface area contributed by atoms with Gasteiger partial charge in [-0.2, -0.15) is 0 Å². The predicted octanol–water partition coefficient (Wildman–Crippen LogP) is 3.34. The van der Waals surface area contributed by atoms with Crippen molar-refractivity contribution in [3.63, 3.8) is 0 Å². The van der Waals surface area contributed by atoms with E-state index in [4.69, 9.17) is 0 Å². The first-order valence-corrected chi connectivity index (χ1v) is 6.61. The van der Waals surface area contributed by atoms with E-state index < -0.39 is 0 Å². The average Bonchev–Trinajstić information content (AvgIpc) is 2.42. The topological polar surface area (TPSA) is 32.7 Å². The van der Waals surface area contributed by atoms with Crippen molar-refractivity contribution in [2.24, 2.45) is 4.99 Å². The fourth-order valence-corrected chi connectivity index (χ4v) is 2.30. The van der Waals surface area contributed by atoms with Crippen molar-refractivity contribution in [2.75, 3.05) is 13.1 Å². The lowest BCUT2D eigenvalue weighted by Gasteiger charge is -2.26. The second kappa shape index (κ2) is 5.80. The quantitative estimate of drug-likeness (QED) is 0.734. The maximum Gasteiger partial charge on any atom is 0.253 e. The predicted molar refractivity (Wildman–Crippen MR) is 74.8 cm³/mol. The van der Waals surface area contributed by atoms with Gasteiger partial charge in [-0.3, -0.25) is 9.79 Å². The van der Waals surface area contributed by atoms with E-state index >= 15 is 0 Å². The third-order valence-electron chi connectivity index (χ3n) is 3.37. The van der Waals surface area contributed by atoms with Gasteiger partial charge in [0.25, 0.3) is 5.91 Å². The van der Waals surface area contributed by atoms with E-state index in [1.807, 2.05) is 36.9 Å². The van der Waals surface area contributed by atoms with E-state index in [1.54, 1.807) is 6.21 Å². The molecular weight excluding hydrogens is 224 g/mol. The first kappa shape index (κ1) is 12.8. The van der Waals surface area contributed by atoms with Crippen molar-refractivity contribution < 1.29 is 4.79 Å². The Balaban J connectivity index is 2.21. The van der Waals surface area contributed by atoms with Gasteiger partial charge in [0.2, 0.25) is 0 Å². The van der Waals surface area contributed by atoms with Crippen molar-refractivity contribution in [2.45, 2.75) is 33.1 Å². The fraction of sp³-hybridized carbons (Fsp3) is 0.467. The Morgan fingerprint density at radius 1 is 1.28 bits per heavy atom. The number of likely N-dealkylation sites (tertiary alicyclic amines) is 1. The molecule has 1 aromatic carbocycles. The lowest BCUT2D eigenvalue weighted by molar-refractivity contribution is 0.0724. The molecule has 0 atom stereocenters. The summed E-state index contributed by atoms with van der Waals surface area (Å²) in [7, 11) is 0. The van der Waals surface area contributed by atoms with Gasteiger partial charge in [0.1, 0.15) is 0 Å². The zero-order valence-corrected chi connectivity index (χ0v) is 11.1. The molecule has 3 nitrogen and oxygen atoms in total. The maximum atomic E-state index is 12.3. The van der Waals surface area contributed by atoms with Gasteiger partial charge in [-0.25, -0.2) is 0 Å². The summed E-state index contributed by atoms with van der Waals surface area (Å²) in [5.41, 5.74) is 2.74. The summed E-state index contributed by atoms with van der Waals surface area (Å²) in [4.78, 5) is 18.6. The molecule has 1 aliphatic rings. The molecule has 1 fully saturated rings. The van der Waals surface area contributed by atoms with Crippen molar-refractivity contribution in [1.82, 2.24) is 4.90 Å². The molecule has 0 aromatic heterocycles. The van der Waals surface area contributed by atoms with Gasteiger partial charge in [-0.05, 0) is 50.8 Å². The van der Waals surface area contributed by atoms with Gasteiger partial charge in [-0.15, -0.1) is 0 Å². The number of amides is 1. The average molecular weight is 244 g/mol. The zero-order chi connectivity index (χ0) is 13.0. The minimum Gasteiger partial charge on any atom is -0.339 e. The van der Waals surface area contributed by atoms with Crippen LogP contribution in [0.3, 0.4) is 0 Å². The number of aliphatic imine (C=N–C) groups is 1. The molecule has 18 heavy (non-hydrogen) atoms. The monoisotopic (exact) mass is 244 g/mol. The molecule has 3 heteroatoms. The van der Waals surface area contributed by atoms with Gasteiger partial charge < -0.3 is 4.90 Å². The Bertz CT molecular complexity index is 460. The fourth-order valence-electron chi connectivity index (χ4n) is 2.30. The SMILES string of the molecule is CC=Nc1cc(C(=O)N2CCCCC2)ccc1C. The summed E-state index contributed by atoms with van der Waals surface area (Å²) < 4.78 is 0. The van der Waals surface area contributed by atoms with Gasteiger partial charge >= 0.3 is 0 Å². The summed E-state index contributed by atoms with van der Waals surface area (Å²) in [6.45, 7) is 5.67. The second-order valence-corrected chi connectivity index (χ2v) is 4.74. The van der Waals surface area contributed by atoms with Crippen LogP contribution in [-0.2, 0) is 0 Å². The van der Waals surface area contributed by atoms with Crippen LogP contribution in [0.4, 0.5) is 5.69 Å². The number of benzene rings is 1. The summed E-state index contributed by atoms with van der Waals surface area (Å²) in [6, 6.07) is 5.77. The Hall–Kier alpha value is -1.64. The highest BCUT2D eigenvalue weighted by molar-refractivity contribution is 5.95. The van der Waals surface area contributed by atoms with E-state index in [0.29, 0.717) is 0 Å². The van der Waals surface area contributed by atoms with Crippen LogP contribution in [0.15, 0.2) is 23.2 Å². The van der Waals surface area contributed by atoms with Gasteiger partial charge in [0.15, 0.2) is 0 Å². The molecule has 2 rings (SSSR count). The van der Waals surface area contributed by atoms with Crippen LogP contribution in [0, 0.1) is 6.92 Å². The summed E-state index contributed by atoms with van der Waals surface area (Å²) in [6.07, 6.45) is 5.25. The lowest BCUT2D eigenvalue weighted by Crippen LogP contribution is -2.35. The van der Waals surface area contributed by atoms with E-state index in [0.717, 1.165) is 42.7 Å². The number of aryl methyl sites for hydroxylation is 1. The highest BCUT2D eigenvalue weighted by Gasteiger charge is 2.18. The van der Waals surface area contributed by atoms with Crippen LogP contribution in [0.2, 0.25) is 0 Å². The number of hydrogen-bond acceptors (Lipinski definition) is 2. The molecule has 1 saturated heterocycles. The van der Waals surface area contributed by atoms with Crippen molar-refractivity contribution >= 4 is 17.8 Å². The number of piperidine rings is 1. The molecule has 0 aliphatic carbocycles. The minimum atomic E-state index is 0.141. The Labute approximate surface area is 109 Å². The second-order valence-electron chi connectivity index (χ2n) is 4.74. The molecule has 0 bridgehead atoms. The largest absolute Gasteiger partial charge is 0.339 e. The van der Waals surface area contributed by atoms with Crippen LogP contribution < -0.4 is 0 Å². The smallest absolute Gasteiger partial charge is 0.253 e. The van der Waals surface area contributed by atoms with E-state index in [1.165, 1.54) is 6.42 Å². The van der Waals surface area contributed by atoms with Crippen LogP contribution in [0.25, 0.3) is 0 Å². The zero-order valence-electron chi connectivity index (χ0n) is 11.1. The first-order chi connectivity index (χ1) is 8.72. The third-order valence-corrected chi connectivity index (χ3v) is 3.37. The molecule has 96 valence electrons. The maximum absolute atomic E-state index is 12.3. The summed E-state index contributed by atoms with van der Waals surface area (Å²) in [5, 5.41) is 0. The molecular formula is C15H20N2O. The number of hydrogen-bond donors (Lipinski definition) is 0. The normalized spacial score (nSPS) is 16.2. The van der Waals surface area contributed by atoms with Crippen molar-refractivity contribution in [1.29, 1.82) is 0 Å². The van der Waals surface area contributed by atoms with Gasteiger partial charge in [-0.1, -0.05) is 6.07 Å². The number of nitrogens with zero attached hydrogens (tertiary/aromatic N) is 2. The van der Waals surface area contributed by atoms with Gasteiger partial charge in [0, 0.05) is 24.9 Å². The Morgan fingerprint density at radius 3 is 2.67 bits per heavy atom. The van der Waals surface area contributed by atoms with Crippen LogP contribution in [-0.4, -0.2) is 30.1 Å². The van der Waals surface area contributed by atoms with Crippen molar-refractivity contribution in [3.8, 4) is 0 Å². The minimum absolute atomic E-state index is 0.141. The molecule has 0 N–H and O–H groups in total. The molecule has 1 aliphatic heterocycles. The first-order valence-electron chi connectivity index (χ1n) is 6.61. The standard InChI is InChI=1S/C15H20N2O/c1-3-16-14-11-13(8-7-12(14)2)15(18)17-9-5-4-6-10-17/h3,7-8,11H,4-6,9-10H2,1-2H3. The van der Waals surface area contributed by atoms with Crippen LogP contribution >= 0.6 is 0 Å². The number of rotatable bonds is 2. The third kappa shape index (κ3) is 2.78. The highest BCUT2D eigenvalue weighted by atomic mass is 16.2. The van der Waals surface area contributed by atoms with Gasteiger partial charge in [0.05, 0.1) is 5.69 Å². The molecule has 0 spiro atoms. The molecule has 1 heterocycles. The van der Waals surface area contributed by atoms with Crippen LogP contribution in [0.1, 0.15) is 42.1 Å². The molecule has 1 amide bonds. The molecule has 0 unspecified atom stereocenters. The Kier molecular flexibility index (Phi) is 4.13. The molecule has 0 radical (unpaired) electrons. The van der Waals surface area contributed by atoms with E-state index in [-0.39, 0.29) is 5.91 Å². The van der Waals surface area contributed by atoms with E-state index in [2.05, 4.69) is 4.99 Å². The Morgan fingerprint density at radius 2 is 2.00 bits per heavy atom. The van der Waals surface area contributed by atoms with Crippen molar-refractivity contribution in [3.05, 3.63) is 29.3 Å². The van der Waals surface area contributed by atoms with Crippen LogP contribution in [0.5, 0.6) is 0 Å². The van der Waals surface area contributed by atoms with E-state index in [9.17, 15) is 4.79 Å². The number of carbonyl (C=O) groups is 1. The summed E-state index contributed by atoms with van der Waals surface area (Å²) in [5.74, 6) is 0.141.